The lowest BCUT2D eigenvalue weighted by atomic mass is 10.2. The molecule has 0 bridgehead atoms. The van der Waals surface area contributed by atoms with Crippen molar-refractivity contribution in [2.45, 2.75) is 24.8 Å². The highest BCUT2D eigenvalue weighted by Gasteiger charge is 2.23. The van der Waals surface area contributed by atoms with Gasteiger partial charge in [-0.05, 0) is 31.0 Å². The van der Waals surface area contributed by atoms with E-state index >= 15 is 0 Å². The SMILES string of the molecule is Cc1[nH]nc(CO)c1S(=O)(=O)NCCc1ccc(Cl)cc1. The average Bonchev–Trinajstić information content (AvgIpc) is 2.83. The van der Waals surface area contributed by atoms with Crippen LogP contribution in [0.1, 0.15) is 17.0 Å². The fourth-order valence-corrected chi connectivity index (χ4v) is 3.50. The van der Waals surface area contributed by atoms with Crippen LogP contribution in [-0.2, 0) is 23.1 Å². The second-order valence-corrected chi connectivity index (χ2v) is 6.70. The number of aryl methyl sites for hydroxylation is 1. The number of aromatic amines is 1. The van der Waals surface area contributed by atoms with Crippen LogP contribution in [0.2, 0.25) is 5.02 Å². The maximum Gasteiger partial charge on any atom is 0.244 e. The molecule has 0 aliphatic rings. The maximum atomic E-state index is 12.2. The van der Waals surface area contributed by atoms with Crippen LogP contribution in [0.5, 0.6) is 0 Å². The number of hydrogen-bond acceptors (Lipinski definition) is 4. The smallest absolute Gasteiger partial charge is 0.244 e. The lowest BCUT2D eigenvalue weighted by Crippen LogP contribution is -2.27. The standard InChI is InChI=1S/C13H16ClN3O3S/c1-9-13(12(8-18)17-16-9)21(19,20)15-7-6-10-2-4-11(14)5-3-10/h2-5,15,18H,6-8H2,1H3,(H,16,17). The van der Waals surface area contributed by atoms with Crippen LogP contribution in [0, 0.1) is 6.92 Å². The summed E-state index contributed by atoms with van der Waals surface area (Å²) in [6.07, 6.45) is 0.543. The summed E-state index contributed by atoms with van der Waals surface area (Å²) in [5.74, 6) is 0. The first-order chi connectivity index (χ1) is 9.94. The molecule has 0 amide bonds. The number of nitrogens with one attached hydrogen (secondary N) is 2. The number of sulfonamides is 1. The molecular formula is C13H16ClN3O3S. The average molecular weight is 330 g/mol. The summed E-state index contributed by atoms with van der Waals surface area (Å²) < 4.78 is 27.0. The van der Waals surface area contributed by atoms with Crippen LogP contribution in [0.25, 0.3) is 0 Å². The van der Waals surface area contributed by atoms with Gasteiger partial charge in [0.25, 0.3) is 0 Å². The molecule has 0 aliphatic carbocycles. The van der Waals surface area contributed by atoms with Gasteiger partial charge in [-0.25, -0.2) is 13.1 Å². The summed E-state index contributed by atoms with van der Waals surface area (Å²) in [7, 11) is -3.70. The molecule has 0 unspecified atom stereocenters. The normalized spacial score (nSPS) is 11.8. The first kappa shape index (κ1) is 16.0. The van der Waals surface area contributed by atoms with Gasteiger partial charge in [0.05, 0.1) is 12.3 Å². The van der Waals surface area contributed by atoms with E-state index in [0.717, 1.165) is 5.56 Å². The third-order valence-corrected chi connectivity index (χ3v) is 4.91. The van der Waals surface area contributed by atoms with Crippen LogP contribution in [-0.4, -0.2) is 30.3 Å². The molecule has 0 saturated carbocycles. The third kappa shape index (κ3) is 3.82. The van der Waals surface area contributed by atoms with Gasteiger partial charge >= 0.3 is 0 Å². The molecular weight excluding hydrogens is 314 g/mol. The van der Waals surface area contributed by atoms with Crippen molar-refractivity contribution in [1.29, 1.82) is 0 Å². The number of aliphatic hydroxyl groups excluding tert-OH is 1. The summed E-state index contributed by atoms with van der Waals surface area (Å²) in [5, 5.41) is 16.1. The number of nitrogens with zero attached hydrogens (tertiary/aromatic N) is 1. The van der Waals surface area contributed by atoms with E-state index in [1.54, 1.807) is 19.1 Å². The molecule has 6 nitrogen and oxygen atoms in total. The minimum absolute atomic E-state index is 0.0149. The highest BCUT2D eigenvalue weighted by atomic mass is 35.5. The zero-order chi connectivity index (χ0) is 15.5. The Morgan fingerprint density at radius 1 is 1.33 bits per heavy atom. The van der Waals surface area contributed by atoms with E-state index < -0.39 is 16.6 Å². The summed E-state index contributed by atoms with van der Waals surface area (Å²) in [6.45, 7) is 1.41. The molecule has 0 radical (unpaired) electrons. The number of aromatic nitrogens is 2. The van der Waals surface area contributed by atoms with Gasteiger partial charge in [-0.2, -0.15) is 5.10 Å². The van der Waals surface area contributed by atoms with E-state index in [1.165, 1.54) is 0 Å². The van der Waals surface area contributed by atoms with Gasteiger partial charge in [-0.15, -0.1) is 0 Å². The zero-order valence-electron chi connectivity index (χ0n) is 11.4. The molecule has 0 aliphatic heterocycles. The highest BCUT2D eigenvalue weighted by molar-refractivity contribution is 7.89. The van der Waals surface area contributed by atoms with Gasteiger partial charge in [-0.3, -0.25) is 5.10 Å². The van der Waals surface area contributed by atoms with E-state index in [2.05, 4.69) is 14.9 Å². The van der Waals surface area contributed by atoms with Crippen molar-refractivity contribution in [1.82, 2.24) is 14.9 Å². The Kier molecular flexibility index (Phi) is 5.00. The number of hydrogen-bond donors (Lipinski definition) is 3. The molecule has 1 heterocycles. The molecule has 2 rings (SSSR count). The number of halogens is 1. The number of rotatable bonds is 6. The molecule has 1 aromatic carbocycles. The molecule has 0 saturated heterocycles. The van der Waals surface area contributed by atoms with Crippen molar-refractivity contribution in [2.24, 2.45) is 0 Å². The van der Waals surface area contributed by atoms with Crippen LogP contribution in [0.3, 0.4) is 0 Å². The van der Waals surface area contributed by atoms with Crippen molar-refractivity contribution in [3.63, 3.8) is 0 Å². The maximum absolute atomic E-state index is 12.2. The Balaban J connectivity index is 2.04. The summed E-state index contributed by atoms with van der Waals surface area (Å²) in [6, 6.07) is 7.21. The molecule has 1 aromatic heterocycles. The number of H-pyrrole nitrogens is 1. The van der Waals surface area contributed by atoms with Gasteiger partial charge in [0.15, 0.2) is 0 Å². The molecule has 114 valence electrons. The predicted octanol–water partition coefficient (Wildman–Crippen LogP) is 1.38. The second-order valence-electron chi connectivity index (χ2n) is 4.56. The van der Waals surface area contributed by atoms with Crippen LogP contribution in [0.4, 0.5) is 0 Å². The van der Waals surface area contributed by atoms with Crippen molar-refractivity contribution < 1.29 is 13.5 Å². The van der Waals surface area contributed by atoms with Crippen molar-refractivity contribution in [3.05, 3.63) is 46.2 Å². The Bertz CT molecular complexity index is 711. The number of aliphatic hydroxyl groups is 1. The minimum atomic E-state index is -3.70. The van der Waals surface area contributed by atoms with Crippen molar-refractivity contribution in [3.8, 4) is 0 Å². The summed E-state index contributed by atoms with van der Waals surface area (Å²) in [4.78, 5) is 0.0149. The van der Waals surface area contributed by atoms with E-state index in [9.17, 15) is 8.42 Å². The summed E-state index contributed by atoms with van der Waals surface area (Å²) >= 11 is 5.79. The van der Waals surface area contributed by atoms with Gasteiger partial charge in [0, 0.05) is 11.6 Å². The van der Waals surface area contributed by atoms with Crippen LogP contribution >= 0.6 is 11.6 Å². The van der Waals surface area contributed by atoms with E-state index in [0.29, 0.717) is 17.1 Å². The first-order valence-electron chi connectivity index (χ1n) is 6.33. The molecule has 2 aromatic rings. The molecule has 3 N–H and O–H groups in total. The number of benzene rings is 1. The fraction of sp³-hybridized carbons (Fsp3) is 0.308. The Morgan fingerprint density at radius 3 is 2.62 bits per heavy atom. The van der Waals surface area contributed by atoms with Gasteiger partial charge in [-0.1, -0.05) is 23.7 Å². The zero-order valence-corrected chi connectivity index (χ0v) is 13.0. The lowest BCUT2D eigenvalue weighted by Gasteiger charge is -2.07. The van der Waals surface area contributed by atoms with E-state index in [1.807, 2.05) is 12.1 Å². The quantitative estimate of drug-likeness (QED) is 0.746. The van der Waals surface area contributed by atoms with Crippen LogP contribution < -0.4 is 4.72 Å². The lowest BCUT2D eigenvalue weighted by molar-refractivity contribution is 0.273. The van der Waals surface area contributed by atoms with E-state index in [4.69, 9.17) is 16.7 Å². The monoisotopic (exact) mass is 329 g/mol. The van der Waals surface area contributed by atoms with Gasteiger partial charge < -0.3 is 5.11 Å². The second kappa shape index (κ2) is 6.57. The molecule has 0 atom stereocenters. The largest absolute Gasteiger partial charge is 0.390 e. The van der Waals surface area contributed by atoms with Crippen LogP contribution in [0.15, 0.2) is 29.2 Å². The van der Waals surface area contributed by atoms with Gasteiger partial charge in [0.2, 0.25) is 10.0 Å². The predicted molar refractivity (Wildman–Crippen MR) is 79.6 cm³/mol. The molecule has 0 fully saturated rings. The molecule has 0 spiro atoms. The fourth-order valence-electron chi connectivity index (χ4n) is 1.99. The van der Waals surface area contributed by atoms with Crippen molar-refractivity contribution in [2.75, 3.05) is 6.54 Å². The Hall–Kier alpha value is -1.41. The Labute approximate surface area is 128 Å². The van der Waals surface area contributed by atoms with Gasteiger partial charge in [0.1, 0.15) is 10.6 Å². The molecule has 21 heavy (non-hydrogen) atoms. The highest BCUT2D eigenvalue weighted by Crippen LogP contribution is 2.17. The minimum Gasteiger partial charge on any atom is -0.390 e. The third-order valence-electron chi connectivity index (χ3n) is 3.00. The van der Waals surface area contributed by atoms with Crippen molar-refractivity contribution >= 4 is 21.6 Å². The Morgan fingerprint density at radius 2 is 2.00 bits per heavy atom. The van der Waals surface area contributed by atoms with E-state index in [-0.39, 0.29) is 17.1 Å². The topological polar surface area (TPSA) is 95.1 Å². The molecule has 8 heteroatoms. The summed E-state index contributed by atoms with van der Waals surface area (Å²) in [5.41, 5.74) is 1.50. The first-order valence-corrected chi connectivity index (χ1v) is 8.19.